The molecular weight excluding hydrogens is 452 g/mol. The molecule has 8 rings (SSSR count). The molecule has 0 radical (unpaired) electrons. The lowest BCUT2D eigenvalue weighted by Crippen LogP contribution is -2.29. The Kier molecular flexibility index (Phi) is 5.33. The van der Waals surface area contributed by atoms with Gasteiger partial charge in [0, 0.05) is 48.7 Å². The lowest BCUT2D eigenvalue weighted by molar-refractivity contribution is 0.717. The Bertz CT molecular complexity index is 1360. The first-order valence-corrected chi connectivity index (χ1v) is 14.6. The summed E-state index contributed by atoms with van der Waals surface area (Å²) in [4.78, 5) is 9.68. The van der Waals surface area contributed by atoms with E-state index in [1.165, 1.54) is 89.8 Å². The van der Waals surface area contributed by atoms with Crippen molar-refractivity contribution in [3.63, 3.8) is 0 Å². The van der Waals surface area contributed by atoms with Crippen molar-refractivity contribution in [2.45, 2.75) is 81.7 Å². The molecule has 4 aliphatic heterocycles. The van der Waals surface area contributed by atoms with Gasteiger partial charge in [0.1, 0.15) is 0 Å². The van der Waals surface area contributed by atoms with Crippen molar-refractivity contribution in [2.24, 2.45) is 9.98 Å². The van der Waals surface area contributed by atoms with Crippen LogP contribution < -0.4 is 10.6 Å². The smallest absolute Gasteiger partial charge is 0.0459 e. The van der Waals surface area contributed by atoms with Crippen molar-refractivity contribution in [3.8, 4) is 11.1 Å². The van der Waals surface area contributed by atoms with Crippen LogP contribution in [0.1, 0.15) is 91.9 Å². The van der Waals surface area contributed by atoms with E-state index in [9.17, 15) is 0 Å². The van der Waals surface area contributed by atoms with E-state index < -0.39 is 0 Å². The van der Waals surface area contributed by atoms with Crippen LogP contribution in [-0.4, -0.2) is 36.6 Å². The Morgan fingerprint density at radius 3 is 1.81 bits per heavy atom. The van der Waals surface area contributed by atoms with E-state index in [1.807, 2.05) is 0 Å². The average Bonchev–Trinajstić information content (AvgIpc) is 3.79. The second-order valence-electron chi connectivity index (χ2n) is 12.0. The summed E-state index contributed by atoms with van der Waals surface area (Å²) >= 11 is 0. The second kappa shape index (κ2) is 8.89. The van der Waals surface area contributed by atoms with Gasteiger partial charge in [-0.3, -0.25) is 9.98 Å². The molecule has 0 spiro atoms. The zero-order valence-corrected chi connectivity index (χ0v) is 21.6. The SMILES string of the molecule is C1=C(c2ccc(-c3ccc(C4=CN=C(C5CCCN5)C4)c4c3C3CCC4C3)cc2)CC(C2CCCN2)=N1. The molecule has 4 unspecified atom stereocenters. The average molecular weight is 489 g/mol. The van der Waals surface area contributed by atoms with Crippen molar-refractivity contribution >= 4 is 22.6 Å². The van der Waals surface area contributed by atoms with Gasteiger partial charge in [-0.25, -0.2) is 0 Å². The molecule has 2 N–H and O–H groups in total. The van der Waals surface area contributed by atoms with Crippen molar-refractivity contribution in [3.05, 3.63) is 71.1 Å². The van der Waals surface area contributed by atoms with Crippen LogP contribution in [0.15, 0.2) is 58.8 Å². The van der Waals surface area contributed by atoms with E-state index in [-0.39, 0.29) is 0 Å². The Morgan fingerprint density at radius 1 is 0.595 bits per heavy atom. The first-order chi connectivity index (χ1) is 18.3. The fourth-order valence-corrected chi connectivity index (χ4v) is 8.02. The van der Waals surface area contributed by atoms with Gasteiger partial charge >= 0.3 is 0 Å². The Labute approximate surface area is 220 Å². The summed E-state index contributed by atoms with van der Waals surface area (Å²) in [6, 6.07) is 15.2. The first-order valence-electron chi connectivity index (χ1n) is 14.6. The highest BCUT2D eigenvalue weighted by Gasteiger charge is 2.41. The minimum atomic E-state index is 0.482. The van der Waals surface area contributed by atoms with E-state index in [0.29, 0.717) is 12.1 Å². The van der Waals surface area contributed by atoms with Crippen molar-refractivity contribution in [2.75, 3.05) is 13.1 Å². The summed E-state index contributed by atoms with van der Waals surface area (Å²) in [7, 11) is 0. The Morgan fingerprint density at radius 2 is 1.16 bits per heavy atom. The predicted octanol–water partition coefficient (Wildman–Crippen LogP) is 6.59. The molecule has 2 aromatic carbocycles. The summed E-state index contributed by atoms with van der Waals surface area (Å²) in [5.74, 6) is 1.45. The number of benzene rings is 2. The molecule has 37 heavy (non-hydrogen) atoms. The molecule has 188 valence electrons. The lowest BCUT2D eigenvalue weighted by atomic mass is 9.80. The molecule has 4 heterocycles. The largest absolute Gasteiger partial charge is 0.309 e. The third kappa shape index (κ3) is 3.72. The van der Waals surface area contributed by atoms with Gasteiger partial charge in [-0.1, -0.05) is 36.4 Å². The van der Waals surface area contributed by atoms with Crippen molar-refractivity contribution < 1.29 is 0 Å². The number of fused-ring (bicyclic) bond motifs is 5. The highest BCUT2D eigenvalue weighted by molar-refractivity contribution is 6.03. The van der Waals surface area contributed by atoms with Crippen LogP contribution in [0.5, 0.6) is 0 Å². The highest BCUT2D eigenvalue weighted by atomic mass is 15.0. The van der Waals surface area contributed by atoms with Crippen LogP contribution in [0.4, 0.5) is 0 Å². The number of hydrogen-bond donors (Lipinski definition) is 2. The van der Waals surface area contributed by atoms with Gasteiger partial charge in [-0.2, -0.15) is 0 Å². The molecule has 4 heteroatoms. The van der Waals surface area contributed by atoms with Gasteiger partial charge in [0.05, 0.1) is 0 Å². The summed E-state index contributed by atoms with van der Waals surface area (Å²) in [6.45, 7) is 2.26. The Hall–Kier alpha value is -2.82. The molecule has 2 aromatic rings. The third-order valence-electron chi connectivity index (χ3n) is 9.89. The number of allylic oxidation sites excluding steroid dienone is 2. The maximum Gasteiger partial charge on any atom is 0.0459 e. The van der Waals surface area contributed by atoms with Gasteiger partial charge < -0.3 is 10.6 Å². The maximum absolute atomic E-state index is 4.89. The molecule has 2 aliphatic carbocycles. The quantitative estimate of drug-likeness (QED) is 0.499. The highest BCUT2D eigenvalue weighted by Crippen LogP contribution is 2.58. The minimum Gasteiger partial charge on any atom is -0.309 e. The summed E-state index contributed by atoms with van der Waals surface area (Å²) in [6.07, 6.45) is 15.3. The topological polar surface area (TPSA) is 48.8 Å². The van der Waals surface area contributed by atoms with Gasteiger partial charge in [0.25, 0.3) is 0 Å². The second-order valence-corrected chi connectivity index (χ2v) is 12.0. The number of hydrogen-bond acceptors (Lipinski definition) is 4. The van der Waals surface area contributed by atoms with Gasteiger partial charge in [0.15, 0.2) is 0 Å². The fraction of sp³-hybridized carbons (Fsp3) is 0.455. The van der Waals surface area contributed by atoms with Crippen LogP contribution in [0.3, 0.4) is 0 Å². The number of rotatable bonds is 5. The van der Waals surface area contributed by atoms with E-state index in [1.54, 1.807) is 11.1 Å². The molecule has 1 saturated carbocycles. The molecule has 0 aromatic heterocycles. The van der Waals surface area contributed by atoms with Crippen LogP contribution in [0.25, 0.3) is 22.3 Å². The standard InChI is InChI=1S/C33H36N4/c1-3-28(34-13-1)30-16-24(18-36-30)20-5-7-21(8-6-20)26-11-12-27(33-23-10-9-22(15-23)32(26)33)25-17-31(37-19-25)29-4-2-14-35-29/h5-8,11-12,18-19,22-23,28-29,34-35H,1-4,9-10,13-17H2. The molecule has 2 bridgehead atoms. The van der Waals surface area contributed by atoms with Gasteiger partial charge in [0.2, 0.25) is 0 Å². The van der Waals surface area contributed by atoms with Crippen LogP contribution >= 0.6 is 0 Å². The van der Waals surface area contributed by atoms with Crippen LogP contribution in [-0.2, 0) is 0 Å². The minimum absolute atomic E-state index is 0.482. The zero-order chi connectivity index (χ0) is 24.3. The van der Waals surface area contributed by atoms with E-state index in [4.69, 9.17) is 9.98 Å². The van der Waals surface area contributed by atoms with Gasteiger partial charge in [-0.15, -0.1) is 0 Å². The lowest BCUT2D eigenvalue weighted by Gasteiger charge is -2.23. The summed E-state index contributed by atoms with van der Waals surface area (Å²) in [5, 5.41) is 7.24. The molecule has 4 atom stereocenters. The number of nitrogens with zero attached hydrogens (tertiary/aromatic N) is 2. The fourth-order valence-electron chi connectivity index (χ4n) is 8.02. The Balaban J connectivity index is 1.06. The van der Waals surface area contributed by atoms with E-state index in [0.717, 1.165) is 37.8 Å². The monoisotopic (exact) mass is 488 g/mol. The molecular formula is C33H36N4. The van der Waals surface area contributed by atoms with Crippen molar-refractivity contribution in [1.82, 2.24) is 10.6 Å². The number of nitrogens with one attached hydrogen (secondary N) is 2. The summed E-state index contributed by atoms with van der Waals surface area (Å²) in [5.41, 5.74) is 14.4. The predicted molar refractivity (Wildman–Crippen MR) is 153 cm³/mol. The number of aliphatic imine (C=N–C) groups is 2. The molecule has 6 aliphatic rings. The zero-order valence-electron chi connectivity index (χ0n) is 21.6. The normalized spacial score (nSPS) is 29.9. The molecule has 0 amide bonds. The maximum atomic E-state index is 4.89. The molecule has 2 saturated heterocycles. The molecule has 3 fully saturated rings. The van der Waals surface area contributed by atoms with Crippen LogP contribution in [0, 0.1) is 0 Å². The van der Waals surface area contributed by atoms with E-state index >= 15 is 0 Å². The third-order valence-corrected chi connectivity index (χ3v) is 9.89. The van der Waals surface area contributed by atoms with Crippen molar-refractivity contribution in [1.29, 1.82) is 0 Å². The van der Waals surface area contributed by atoms with E-state index in [2.05, 4.69) is 59.4 Å². The van der Waals surface area contributed by atoms with Gasteiger partial charge in [-0.05, 0) is 114 Å². The first kappa shape index (κ1) is 22.2. The molecule has 4 nitrogen and oxygen atoms in total. The summed E-state index contributed by atoms with van der Waals surface area (Å²) < 4.78 is 0. The van der Waals surface area contributed by atoms with Crippen LogP contribution in [0.2, 0.25) is 0 Å².